The number of nitrogens with zero attached hydrogens (tertiary/aromatic N) is 3. The van der Waals surface area contributed by atoms with Crippen LogP contribution in [0, 0.1) is 5.82 Å². The van der Waals surface area contributed by atoms with Gasteiger partial charge in [0.25, 0.3) is 5.91 Å². The first kappa shape index (κ1) is 17.5. The van der Waals surface area contributed by atoms with Gasteiger partial charge >= 0.3 is 0 Å². The van der Waals surface area contributed by atoms with Gasteiger partial charge in [-0.25, -0.2) is 9.37 Å². The zero-order valence-electron chi connectivity index (χ0n) is 15.2. The number of benzene rings is 1. The van der Waals surface area contributed by atoms with E-state index in [0.717, 1.165) is 37.6 Å². The zero-order valence-corrected chi connectivity index (χ0v) is 15.2. The molecular formula is C20H22FN5O. The fourth-order valence-electron chi connectivity index (χ4n) is 3.26. The summed E-state index contributed by atoms with van der Waals surface area (Å²) in [6, 6.07) is 10.2. The largest absolute Gasteiger partial charge is 0.354 e. The van der Waals surface area contributed by atoms with Crippen LogP contribution in [0.4, 0.5) is 10.2 Å². The fraction of sp³-hybridized carbons (Fsp3) is 0.300. The number of carbonyl (C=O) groups is 1. The maximum Gasteiger partial charge on any atom is 0.267 e. The Morgan fingerprint density at radius 3 is 2.74 bits per heavy atom. The lowest BCUT2D eigenvalue weighted by Crippen LogP contribution is -2.44. The number of likely N-dealkylation sites (N-methyl/N-ethyl adjacent to an activating group) is 1. The van der Waals surface area contributed by atoms with Crippen LogP contribution in [-0.2, 0) is 6.54 Å². The topological polar surface area (TPSA) is 64.3 Å². The fourth-order valence-corrected chi connectivity index (χ4v) is 3.26. The van der Waals surface area contributed by atoms with Crippen molar-refractivity contribution in [3.8, 4) is 0 Å². The summed E-state index contributed by atoms with van der Waals surface area (Å²) >= 11 is 0. The molecule has 1 aliphatic heterocycles. The Hall–Kier alpha value is -2.93. The molecule has 3 aromatic rings. The number of rotatable bonds is 4. The van der Waals surface area contributed by atoms with E-state index in [2.05, 4.69) is 32.1 Å². The van der Waals surface area contributed by atoms with E-state index in [4.69, 9.17) is 0 Å². The van der Waals surface area contributed by atoms with Crippen LogP contribution in [0.2, 0.25) is 0 Å². The standard InChI is InChI=1S/C20H22FN5O/c1-25-7-9-26(10-8-25)19-6-5-14(12-22-19)13-23-20(27)18-11-15-16(21)3-2-4-17(15)24-18/h2-6,11-12,24H,7-10,13H2,1H3,(H,23,27). The van der Waals surface area contributed by atoms with E-state index in [1.165, 1.54) is 12.1 Å². The molecule has 0 saturated carbocycles. The Bertz CT molecular complexity index is 945. The number of carbonyl (C=O) groups excluding carboxylic acids is 1. The quantitative estimate of drug-likeness (QED) is 0.743. The molecule has 1 saturated heterocycles. The van der Waals surface area contributed by atoms with Crippen molar-refractivity contribution in [2.45, 2.75) is 6.54 Å². The van der Waals surface area contributed by atoms with Gasteiger partial charge < -0.3 is 20.1 Å². The molecule has 2 N–H and O–H groups in total. The highest BCUT2D eigenvalue weighted by atomic mass is 19.1. The van der Waals surface area contributed by atoms with Gasteiger partial charge in [0.1, 0.15) is 17.3 Å². The summed E-state index contributed by atoms with van der Waals surface area (Å²) in [5.74, 6) is 0.351. The van der Waals surface area contributed by atoms with Crippen LogP contribution < -0.4 is 10.2 Å². The monoisotopic (exact) mass is 367 g/mol. The number of hydrogen-bond donors (Lipinski definition) is 2. The summed E-state index contributed by atoms with van der Waals surface area (Å²) in [7, 11) is 2.12. The predicted octanol–water partition coefficient (Wildman–Crippen LogP) is 2.38. The SMILES string of the molecule is CN1CCN(c2ccc(CNC(=O)c3cc4c(F)cccc4[nH]3)cn2)CC1. The van der Waals surface area contributed by atoms with E-state index >= 15 is 0 Å². The molecule has 6 nitrogen and oxygen atoms in total. The molecule has 0 unspecified atom stereocenters. The Balaban J connectivity index is 1.37. The average molecular weight is 367 g/mol. The summed E-state index contributed by atoms with van der Waals surface area (Å²) in [4.78, 5) is 24.4. The second kappa shape index (κ2) is 7.36. The molecule has 0 atom stereocenters. The molecular weight excluding hydrogens is 345 g/mol. The Kier molecular flexibility index (Phi) is 4.77. The molecule has 7 heteroatoms. The molecule has 3 heterocycles. The minimum absolute atomic E-state index is 0.270. The van der Waals surface area contributed by atoms with Crippen molar-refractivity contribution >= 4 is 22.6 Å². The highest BCUT2D eigenvalue weighted by Crippen LogP contribution is 2.19. The minimum Gasteiger partial charge on any atom is -0.354 e. The molecule has 0 bridgehead atoms. The van der Waals surface area contributed by atoms with Crippen LogP contribution in [0.15, 0.2) is 42.6 Å². The second-order valence-electron chi connectivity index (χ2n) is 6.88. The molecule has 4 rings (SSSR count). The van der Waals surface area contributed by atoms with Gasteiger partial charge in [-0.2, -0.15) is 0 Å². The third kappa shape index (κ3) is 3.78. The number of halogens is 1. The second-order valence-corrected chi connectivity index (χ2v) is 6.88. The lowest BCUT2D eigenvalue weighted by molar-refractivity contribution is 0.0946. The van der Waals surface area contributed by atoms with E-state index in [-0.39, 0.29) is 11.7 Å². The van der Waals surface area contributed by atoms with E-state index in [0.29, 0.717) is 23.1 Å². The zero-order chi connectivity index (χ0) is 18.8. The smallest absolute Gasteiger partial charge is 0.267 e. The molecule has 1 fully saturated rings. The van der Waals surface area contributed by atoms with Gasteiger partial charge in [0.15, 0.2) is 0 Å². The number of nitrogens with one attached hydrogen (secondary N) is 2. The number of fused-ring (bicyclic) bond motifs is 1. The summed E-state index contributed by atoms with van der Waals surface area (Å²) in [6.07, 6.45) is 1.79. The Morgan fingerprint density at radius 2 is 2.04 bits per heavy atom. The Labute approximate surface area is 157 Å². The van der Waals surface area contributed by atoms with Crippen molar-refractivity contribution in [3.63, 3.8) is 0 Å². The van der Waals surface area contributed by atoms with Crippen LogP contribution >= 0.6 is 0 Å². The van der Waals surface area contributed by atoms with Gasteiger partial charge in [0.05, 0.1) is 0 Å². The molecule has 140 valence electrons. The van der Waals surface area contributed by atoms with Crippen LogP contribution in [0.1, 0.15) is 16.1 Å². The van der Waals surface area contributed by atoms with Gasteiger partial charge in [-0.05, 0) is 36.9 Å². The summed E-state index contributed by atoms with van der Waals surface area (Å²) in [5, 5.41) is 3.27. The molecule has 1 amide bonds. The van der Waals surface area contributed by atoms with Gasteiger partial charge in [-0.1, -0.05) is 12.1 Å². The van der Waals surface area contributed by atoms with Crippen molar-refractivity contribution in [1.82, 2.24) is 20.2 Å². The average Bonchev–Trinajstić information content (AvgIpc) is 3.13. The normalized spacial score (nSPS) is 15.3. The molecule has 0 spiro atoms. The van der Waals surface area contributed by atoms with Gasteiger partial charge in [-0.3, -0.25) is 4.79 Å². The molecule has 1 aliphatic rings. The molecule has 0 radical (unpaired) electrons. The first-order valence-electron chi connectivity index (χ1n) is 9.04. The summed E-state index contributed by atoms with van der Waals surface area (Å²) < 4.78 is 13.8. The molecule has 1 aromatic carbocycles. The van der Waals surface area contributed by atoms with Crippen LogP contribution in [0.5, 0.6) is 0 Å². The number of piperazine rings is 1. The van der Waals surface area contributed by atoms with E-state index < -0.39 is 0 Å². The number of aromatic nitrogens is 2. The van der Waals surface area contributed by atoms with Crippen LogP contribution in [0.25, 0.3) is 10.9 Å². The summed E-state index contributed by atoms with van der Waals surface area (Å²) in [5.41, 5.74) is 1.87. The molecule has 27 heavy (non-hydrogen) atoms. The first-order valence-corrected chi connectivity index (χ1v) is 9.04. The van der Waals surface area contributed by atoms with Crippen LogP contribution in [0.3, 0.4) is 0 Å². The molecule has 0 aliphatic carbocycles. The van der Waals surface area contributed by atoms with Gasteiger partial charge in [0, 0.05) is 49.8 Å². The number of pyridine rings is 1. The van der Waals surface area contributed by atoms with Gasteiger partial charge in [0.2, 0.25) is 0 Å². The minimum atomic E-state index is -0.341. The first-order chi connectivity index (χ1) is 13.1. The van der Waals surface area contributed by atoms with Crippen LogP contribution in [-0.4, -0.2) is 54.0 Å². The van der Waals surface area contributed by atoms with Crippen molar-refractivity contribution < 1.29 is 9.18 Å². The van der Waals surface area contributed by atoms with E-state index in [9.17, 15) is 9.18 Å². The van der Waals surface area contributed by atoms with Crippen molar-refractivity contribution in [1.29, 1.82) is 0 Å². The number of amides is 1. The number of aromatic amines is 1. The van der Waals surface area contributed by atoms with E-state index in [1.807, 2.05) is 12.1 Å². The lowest BCUT2D eigenvalue weighted by Gasteiger charge is -2.33. The maximum atomic E-state index is 13.8. The highest BCUT2D eigenvalue weighted by Gasteiger charge is 2.15. The number of anilines is 1. The van der Waals surface area contributed by atoms with Crippen molar-refractivity contribution in [2.24, 2.45) is 0 Å². The molecule has 2 aromatic heterocycles. The Morgan fingerprint density at radius 1 is 1.22 bits per heavy atom. The maximum absolute atomic E-state index is 13.8. The predicted molar refractivity (Wildman–Crippen MR) is 103 cm³/mol. The summed E-state index contributed by atoms with van der Waals surface area (Å²) in [6.45, 7) is 4.37. The van der Waals surface area contributed by atoms with Gasteiger partial charge in [-0.15, -0.1) is 0 Å². The lowest BCUT2D eigenvalue weighted by atomic mass is 10.2. The van der Waals surface area contributed by atoms with E-state index in [1.54, 1.807) is 18.3 Å². The van der Waals surface area contributed by atoms with Crippen molar-refractivity contribution in [3.05, 3.63) is 59.7 Å². The third-order valence-electron chi connectivity index (χ3n) is 4.95. The number of hydrogen-bond acceptors (Lipinski definition) is 4. The number of H-pyrrole nitrogens is 1. The third-order valence-corrected chi connectivity index (χ3v) is 4.95. The van der Waals surface area contributed by atoms with Crippen molar-refractivity contribution in [2.75, 3.05) is 38.1 Å². The highest BCUT2D eigenvalue weighted by molar-refractivity contribution is 5.98.